The van der Waals surface area contributed by atoms with Gasteiger partial charge in [0.05, 0.1) is 7.11 Å². The second-order valence-electron chi connectivity index (χ2n) is 7.12. The van der Waals surface area contributed by atoms with Gasteiger partial charge >= 0.3 is 12.1 Å². The standard InChI is InChI=1S/C17H26N2O5/c1-17(2,3)24-16(22)19-10-8-12-7-5-6-9-18(11-13(20)23-4)15(21)14(12)19/h5,7,12,14H,6,8-11H2,1-4H3/b7-5-/t12-,14-/m0/s1. The Morgan fingerprint density at radius 1 is 1.29 bits per heavy atom. The predicted molar refractivity (Wildman–Crippen MR) is 87.2 cm³/mol. The number of carbonyl (C=O) groups excluding carboxylic acids is 3. The fourth-order valence-electron chi connectivity index (χ4n) is 3.04. The van der Waals surface area contributed by atoms with Gasteiger partial charge in [-0.1, -0.05) is 12.2 Å². The van der Waals surface area contributed by atoms with Gasteiger partial charge in [-0.3, -0.25) is 14.5 Å². The lowest BCUT2D eigenvalue weighted by Gasteiger charge is -2.33. The minimum absolute atomic E-state index is 0.0505. The summed E-state index contributed by atoms with van der Waals surface area (Å²) in [4.78, 5) is 39.9. The second kappa shape index (κ2) is 7.23. The number of hydrogen-bond acceptors (Lipinski definition) is 5. The molecule has 1 saturated heterocycles. The van der Waals surface area contributed by atoms with Crippen LogP contribution in [-0.4, -0.2) is 66.2 Å². The largest absolute Gasteiger partial charge is 0.468 e. The highest BCUT2D eigenvalue weighted by molar-refractivity contribution is 5.89. The minimum atomic E-state index is -0.624. The van der Waals surface area contributed by atoms with Gasteiger partial charge in [-0.25, -0.2) is 4.79 Å². The maximum absolute atomic E-state index is 12.9. The van der Waals surface area contributed by atoms with Crippen molar-refractivity contribution in [2.75, 3.05) is 26.7 Å². The quantitative estimate of drug-likeness (QED) is 0.564. The molecule has 0 unspecified atom stereocenters. The molecule has 0 spiro atoms. The van der Waals surface area contributed by atoms with E-state index in [0.29, 0.717) is 25.9 Å². The number of likely N-dealkylation sites (tertiary alicyclic amines) is 1. The molecule has 2 rings (SSSR count). The molecule has 7 heteroatoms. The first-order valence-corrected chi connectivity index (χ1v) is 8.25. The molecule has 0 saturated carbocycles. The van der Waals surface area contributed by atoms with Crippen LogP contribution in [0.15, 0.2) is 12.2 Å². The van der Waals surface area contributed by atoms with E-state index in [1.807, 2.05) is 12.2 Å². The zero-order valence-corrected chi connectivity index (χ0v) is 14.8. The van der Waals surface area contributed by atoms with E-state index in [4.69, 9.17) is 4.74 Å². The Morgan fingerprint density at radius 2 is 2.00 bits per heavy atom. The number of hydrogen-bond donors (Lipinski definition) is 0. The molecule has 0 aromatic carbocycles. The van der Waals surface area contributed by atoms with E-state index >= 15 is 0 Å². The number of rotatable bonds is 2. The van der Waals surface area contributed by atoms with Crippen LogP contribution < -0.4 is 0 Å². The summed E-state index contributed by atoms with van der Waals surface area (Å²) in [5, 5.41) is 0. The highest BCUT2D eigenvalue weighted by atomic mass is 16.6. The molecule has 2 amide bonds. The van der Waals surface area contributed by atoms with Crippen LogP contribution in [0, 0.1) is 5.92 Å². The molecule has 0 aromatic rings. The lowest BCUT2D eigenvalue weighted by molar-refractivity contribution is -0.149. The topological polar surface area (TPSA) is 76.2 Å². The Bertz CT molecular complexity index is 538. The highest BCUT2D eigenvalue weighted by Crippen LogP contribution is 2.30. The zero-order chi connectivity index (χ0) is 17.9. The molecule has 2 heterocycles. The number of nitrogens with zero attached hydrogens (tertiary/aromatic N) is 2. The molecule has 1 fully saturated rings. The Labute approximate surface area is 142 Å². The summed E-state index contributed by atoms with van der Waals surface area (Å²) in [7, 11) is 1.29. The predicted octanol–water partition coefficient (Wildman–Crippen LogP) is 1.57. The highest BCUT2D eigenvalue weighted by Gasteiger charge is 2.44. The van der Waals surface area contributed by atoms with Gasteiger partial charge in [0.15, 0.2) is 0 Å². The van der Waals surface area contributed by atoms with Crippen LogP contribution in [0.2, 0.25) is 0 Å². The molecule has 0 N–H and O–H groups in total. The summed E-state index contributed by atoms with van der Waals surface area (Å²) in [6.45, 7) is 6.17. The summed E-state index contributed by atoms with van der Waals surface area (Å²) in [6.07, 6.45) is 4.90. The summed E-state index contributed by atoms with van der Waals surface area (Å²) < 4.78 is 10.1. The number of fused-ring (bicyclic) bond motifs is 1. The molecule has 134 valence electrons. The van der Waals surface area contributed by atoms with Crippen molar-refractivity contribution < 1.29 is 23.9 Å². The van der Waals surface area contributed by atoms with Crippen LogP contribution in [0.1, 0.15) is 33.6 Å². The smallest absolute Gasteiger partial charge is 0.410 e. The fourth-order valence-corrected chi connectivity index (χ4v) is 3.04. The van der Waals surface area contributed by atoms with Crippen molar-refractivity contribution in [3.8, 4) is 0 Å². The molecule has 0 aromatic heterocycles. The van der Waals surface area contributed by atoms with Crippen molar-refractivity contribution in [2.24, 2.45) is 5.92 Å². The van der Waals surface area contributed by atoms with Gasteiger partial charge in [0.1, 0.15) is 18.2 Å². The molecule has 2 aliphatic rings. The number of ether oxygens (including phenoxy) is 2. The second-order valence-corrected chi connectivity index (χ2v) is 7.12. The zero-order valence-electron chi connectivity index (χ0n) is 14.8. The average Bonchev–Trinajstić information content (AvgIpc) is 2.89. The van der Waals surface area contributed by atoms with Gasteiger partial charge in [0, 0.05) is 19.0 Å². The van der Waals surface area contributed by atoms with E-state index in [9.17, 15) is 14.4 Å². The average molecular weight is 338 g/mol. The maximum Gasteiger partial charge on any atom is 0.410 e. The molecule has 7 nitrogen and oxygen atoms in total. The van der Waals surface area contributed by atoms with Gasteiger partial charge in [0.2, 0.25) is 5.91 Å². The monoisotopic (exact) mass is 338 g/mol. The van der Waals surface area contributed by atoms with E-state index in [1.54, 1.807) is 20.8 Å². The summed E-state index contributed by atoms with van der Waals surface area (Å²) >= 11 is 0. The van der Waals surface area contributed by atoms with E-state index in [-0.39, 0.29) is 18.4 Å². The first kappa shape index (κ1) is 18.3. The first-order chi connectivity index (χ1) is 11.2. The van der Waals surface area contributed by atoms with Crippen molar-refractivity contribution in [1.82, 2.24) is 9.80 Å². The summed E-state index contributed by atoms with van der Waals surface area (Å²) in [5.41, 5.74) is -0.624. The van der Waals surface area contributed by atoms with Crippen LogP contribution in [0.5, 0.6) is 0 Å². The number of methoxy groups -OCH3 is 1. The van der Waals surface area contributed by atoms with Gasteiger partial charge in [-0.05, 0) is 33.6 Å². The molecule has 2 atom stereocenters. The molecular weight excluding hydrogens is 312 g/mol. The normalized spacial score (nSPS) is 25.6. The SMILES string of the molecule is COC(=O)CN1CC/C=C\[C@H]2CCN(C(=O)OC(C)(C)C)[C@@H]2C1=O. The Kier molecular flexibility index (Phi) is 5.51. The number of esters is 1. The van der Waals surface area contributed by atoms with Gasteiger partial charge in [-0.2, -0.15) is 0 Å². The molecule has 0 aliphatic carbocycles. The molecule has 0 bridgehead atoms. The van der Waals surface area contributed by atoms with Gasteiger partial charge in [-0.15, -0.1) is 0 Å². The van der Waals surface area contributed by atoms with Crippen molar-refractivity contribution in [3.05, 3.63) is 12.2 Å². The van der Waals surface area contributed by atoms with Crippen molar-refractivity contribution in [3.63, 3.8) is 0 Å². The van der Waals surface area contributed by atoms with Crippen LogP contribution in [0.4, 0.5) is 4.79 Å². The van der Waals surface area contributed by atoms with E-state index in [0.717, 1.165) is 0 Å². The number of carbonyl (C=O) groups is 3. The van der Waals surface area contributed by atoms with Gasteiger partial charge in [0.25, 0.3) is 0 Å². The third-order valence-corrected chi connectivity index (χ3v) is 4.13. The van der Waals surface area contributed by atoms with Crippen molar-refractivity contribution >= 4 is 18.0 Å². The molecule has 0 radical (unpaired) electrons. The van der Waals surface area contributed by atoms with Crippen molar-refractivity contribution in [1.29, 1.82) is 0 Å². The van der Waals surface area contributed by atoms with Crippen LogP contribution in [0.3, 0.4) is 0 Å². The lowest BCUT2D eigenvalue weighted by atomic mass is 9.96. The van der Waals surface area contributed by atoms with E-state index in [1.165, 1.54) is 16.9 Å². The third kappa shape index (κ3) is 4.27. The number of amides is 2. The molecular formula is C17H26N2O5. The Balaban J connectivity index is 2.21. The lowest BCUT2D eigenvalue weighted by Crippen LogP contribution is -2.52. The third-order valence-electron chi connectivity index (χ3n) is 4.13. The fraction of sp³-hybridized carbons (Fsp3) is 0.706. The molecule has 2 aliphatic heterocycles. The Morgan fingerprint density at radius 3 is 2.62 bits per heavy atom. The van der Waals surface area contributed by atoms with Crippen LogP contribution in [0.25, 0.3) is 0 Å². The molecule has 24 heavy (non-hydrogen) atoms. The van der Waals surface area contributed by atoms with E-state index in [2.05, 4.69) is 4.74 Å². The maximum atomic E-state index is 12.9. The van der Waals surface area contributed by atoms with Crippen LogP contribution in [-0.2, 0) is 19.1 Å². The van der Waals surface area contributed by atoms with Gasteiger partial charge < -0.3 is 14.4 Å². The first-order valence-electron chi connectivity index (χ1n) is 8.25. The Hall–Kier alpha value is -2.05. The van der Waals surface area contributed by atoms with Crippen molar-refractivity contribution in [2.45, 2.75) is 45.3 Å². The minimum Gasteiger partial charge on any atom is -0.468 e. The van der Waals surface area contributed by atoms with E-state index < -0.39 is 23.7 Å². The summed E-state index contributed by atoms with van der Waals surface area (Å²) in [6, 6.07) is -0.624. The summed E-state index contributed by atoms with van der Waals surface area (Å²) in [5.74, 6) is -0.741. The van der Waals surface area contributed by atoms with Crippen LogP contribution >= 0.6 is 0 Å².